The first-order chi connectivity index (χ1) is 9.99. The Morgan fingerprint density at radius 1 is 1.43 bits per heavy atom. The van der Waals surface area contributed by atoms with Crippen molar-refractivity contribution in [3.05, 3.63) is 68.5 Å². The number of nitrogens with one attached hydrogen (secondary N) is 1. The van der Waals surface area contributed by atoms with Crippen LogP contribution in [-0.2, 0) is 6.54 Å². The summed E-state index contributed by atoms with van der Waals surface area (Å²) >= 11 is 5.71. The number of rotatable bonds is 4. The topological polar surface area (TPSA) is 85.1 Å². The molecular weight excluding hydrogens is 294 g/mol. The lowest BCUT2D eigenvalue weighted by molar-refractivity contribution is -0.384. The average Bonchev–Trinajstić information content (AvgIpc) is 2.46. The predicted molar refractivity (Wildman–Crippen MR) is 78.3 cm³/mol. The van der Waals surface area contributed by atoms with Crippen LogP contribution >= 0.6 is 11.6 Å². The van der Waals surface area contributed by atoms with Crippen LogP contribution < -0.4 is 5.32 Å². The van der Waals surface area contributed by atoms with Crippen LogP contribution in [0.25, 0.3) is 0 Å². The maximum Gasteiger partial charge on any atom is 0.288 e. The predicted octanol–water partition coefficient (Wildman–Crippen LogP) is 2.88. The highest BCUT2D eigenvalue weighted by Crippen LogP contribution is 2.25. The number of nitro groups is 1. The van der Waals surface area contributed by atoms with Gasteiger partial charge in [0, 0.05) is 17.8 Å². The molecule has 0 atom stereocenters. The van der Waals surface area contributed by atoms with Crippen molar-refractivity contribution in [3.8, 4) is 0 Å². The summed E-state index contributed by atoms with van der Waals surface area (Å²) in [6, 6.07) is 7.63. The van der Waals surface area contributed by atoms with Crippen LogP contribution in [0, 0.1) is 17.0 Å². The van der Waals surface area contributed by atoms with E-state index in [4.69, 9.17) is 11.6 Å². The number of carbonyl (C=O) groups is 1. The number of benzene rings is 1. The molecule has 0 saturated heterocycles. The van der Waals surface area contributed by atoms with E-state index in [1.165, 1.54) is 12.1 Å². The minimum atomic E-state index is -0.623. The molecule has 0 aliphatic heterocycles. The summed E-state index contributed by atoms with van der Waals surface area (Å²) in [4.78, 5) is 26.3. The number of amides is 1. The normalized spacial score (nSPS) is 10.2. The Kier molecular flexibility index (Phi) is 4.49. The molecule has 7 heteroatoms. The van der Waals surface area contributed by atoms with E-state index in [1.807, 2.05) is 19.1 Å². The van der Waals surface area contributed by atoms with Crippen LogP contribution in [0.4, 0.5) is 5.69 Å². The molecule has 0 aliphatic rings. The van der Waals surface area contributed by atoms with Crippen molar-refractivity contribution in [3.63, 3.8) is 0 Å². The number of hydrogen-bond acceptors (Lipinski definition) is 4. The molecule has 6 nitrogen and oxygen atoms in total. The smallest absolute Gasteiger partial charge is 0.288 e. The fourth-order valence-corrected chi connectivity index (χ4v) is 1.95. The summed E-state index contributed by atoms with van der Waals surface area (Å²) in [7, 11) is 0. The number of aryl methyl sites for hydroxylation is 1. The fraction of sp³-hybridized carbons (Fsp3) is 0.143. The van der Waals surface area contributed by atoms with Crippen LogP contribution in [0.1, 0.15) is 21.6 Å². The molecule has 2 aromatic rings. The highest BCUT2D eigenvalue weighted by molar-refractivity contribution is 6.32. The molecule has 0 aliphatic carbocycles. The van der Waals surface area contributed by atoms with Crippen molar-refractivity contribution in [2.45, 2.75) is 13.5 Å². The molecule has 0 fully saturated rings. The van der Waals surface area contributed by atoms with Gasteiger partial charge in [-0.05, 0) is 30.7 Å². The number of halogens is 1. The first-order valence-electron chi connectivity index (χ1n) is 6.11. The van der Waals surface area contributed by atoms with Gasteiger partial charge in [0.15, 0.2) is 0 Å². The van der Waals surface area contributed by atoms with E-state index in [1.54, 1.807) is 6.20 Å². The molecule has 0 unspecified atom stereocenters. The van der Waals surface area contributed by atoms with Gasteiger partial charge in [-0.15, -0.1) is 0 Å². The molecule has 1 N–H and O–H groups in total. The minimum absolute atomic E-state index is 0.00267. The first kappa shape index (κ1) is 14.9. The summed E-state index contributed by atoms with van der Waals surface area (Å²) in [6.07, 6.45) is 1.64. The molecule has 1 aromatic heterocycles. The summed E-state index contributed by atoms with van der Waals surface area (Å²) < 4.78 is 0. The number of pyridine rings is 1. The summed E-state index contributed by atoms with van der Waals surface area (Å²) in [5, 5.41) is 13.5. The maximum atomic E-state index is 12.0. The largest absolute Gasteiger partial charge is 0.346 e. The molecule has 0 bridgehead atoms. The monoisotopic (exact) mass is 305 g/mol. The Morgan fingerprint density at radius 3 is 2.86 bits per heavy atom. The number of nitro benzene ring substituents is 1. The summed E-state index contributed by atoms with van der Waals surface area (Å²) in [6.45, 7) is 2.14. The summed E-state index contributed by atoms with van der Waals surface area (Å²) in [5.74, 6) is -0.417. The highest BCUT2D eigenvalue weighted by atomic mass is 35.5. The number of carbonyl (C=O) groups excluding carboxylic acids is 1. The lowest BCUT2D eigenvalue weighted by atomic mass is 10.1. The van der Waals surface area contributed by atoms with Gasteiger partial charge in [0.05, 0.1) is 17.2 Å². The van der Waals surface area contributed by atoms with Crippen LogP contribution in [0.5, 0.6) is 0 Å². The molecule has 0 spiro atoms. The van der Waals surface area contributed by atoms with Gasteiger partial charge in [-0.2, -0.15) is 0 Å². The van der Waals surface area contributed by atoms with Crippen LogP contribution in [-0.4, -0.2) is 15.8 Å². The third kappa shape index (κ3) is 3.55. The third-order valence-corrected chi connectivity index (χ3v) is 3.26. The molecule has 1 heterocycles. The fourth-order valence-electron chi connectivity index (χ4n) is 1.76. The molecule has 1 aromatic carbocycles. The Labute approximate surface area is 125 Å². The molecule has 21 heavy (non-hydrogen) atoms. The average molecular weight is 306 g/mol. The Morgan fingerprint density at radius 2 is 2.19 bits per heavy atom. The molecule has 108 valence electrons. The van der Waals surface area contributed by atoms with E-state index >= 15 is 0 Å². The van der Waals surface area contributed by atoms with Crippen LogP contribution in [0.3, 0.4) is 0 Å². The van der Waals surface area contributed by atoms with Gasteiger partial charge in [-0.25, -0.2) is 0 Å². The quantitative estimate of drug-likeness (QED) is 0.695. The van der Waals surface area contributed by atoms with Crippen LogP contribution in [0.15, 0.2) is 36.5 Å². The Bertz CT molecular complexity index is 704. The molecule has 2 rings (SSSR count). The second-order valence-electron chi connectivity index (χ2n) is 4.37. The second kappa shape index (κ2) is 6.32. The first-order valence-corrected chi connectivity index (χ1v) is 6.49. The lowest BCUT2D eigenvalue weighted by Gasteiger charge is -2.07. The van der Waals surface area contributed by atoms with Crippen molar-refractivity contribution < 1.29 is 9.72 Å². The van der Waals surface area contributed by atoms with Crippen molar-refractivity contribution in [1.29, 1.82) is 0 Å². The van der Waals surface area contributed by atoms with Crippen molar-refractivity contribution in [2.24, 2.45) is 0 Å². The van der Waals surface area contributed by atoms with E-state index in [-0.39, 0.29) is 22.8 Å². The molecule has 0 radical (unpaired) electrons. The SMILES string of the molecule is Cc1cccnc1CNC(=O)c1ccc(Cl)c([N+](=O)[O-])c1. The van der Waals surface area contributed by atoms with Gasteiger partial charge in [0.25, 0.3) is 11.6 Å². The van der Waals surface area contributed by atoms with Crippen molar-refractivity contribution >= 4 is 23.2 Å². The van der Waals surface area contributed by atoms with Crippen molar-refractivity contribution in [1.82, 2.24) is 10.3 Å². The maximum absolute atomic E-state index is 12.0. The van der Waals surface area contributed by atoms with E-state index in [0.29, 0.717) is 0 Å². The van der Waals surface area contributed by atoms with Crippen molar-refractivity contribution in [2.75, 3.05) is 0 Å². The Hall–Kier alpha value is -2.47. The van der Waals surface area contributed by atoms with E-state index in [0.717, 1.165) is 17.3 Å². The van der Waals surface area contributed by atoms with Gasteiger partial charge in [0.1, 0.15) is 5.02 Å². The minimum Gasteiger partial charge on any atom is -0.346 e. The number of hydrogen-bond donors (Lipinski definition) is 1. The Balaban J connectivity index is 2.12. The number of aromatic nitrogens is 1. The van der Waals surface area contributed by atoms with E-state index in [9.17, 15) is 14.9 Å². The zero-order chi connectivity index (χ0) is 15.4. The van der Waals surface area contributed by atoms with E-state index in [2.05, 4.69) is 10.3 Å². The third-order valence-electron chi connectivity index (χ3n) is 2.94. The molecule has 1 amide bonds. The molecule has 0 saturated carbocycles. The zero-order valence-electron chi connectivity index (χ0n) is 11.2. The van der Waals surface area contributed by atoms with Crippen LogP contribution in [0.2, 0.25) is 5.02 Å². The number of nitrogens with zero attached hydrogens (tertiary/aromatic N) is 2. The molecular formula is C14H12ClN3O3. The van der Waals surface area contributed by atoms with E-state index < -0.39 is 10.8 Å². The van der Waals surface area contributed by atoms with Gasteiger partial charge in [-0.3, -0.25) is 19.9 Å². The van der Waals surface area contributed by atoms with Gasteiger partial charge in [0.2, 0.25) is 0 Å². The highest BCUT2D eigenvalue weighted by Gasteiger charge is 2.16. The summed E-state index contributed by atoms with van der Waals surface area (Å²) in [5.41, 5.74) is 1.59. The second-order valence-corrected chi connectivity index (χ2v) is 4.78. The standard InChI is InChI=1S/C14H12ClN3O3/c1-9-3-2-6-16-12(9)8-17-14(19)10-4-5-11(15)13(7-10)18(20)21/h2-7H,8H2,1H3,(H,17,19). The van der Waals surface area contributed by atoms with Gasteiger partial charge < -0.3 is 5.32 Å². The zero-order valence-corrected chi connectivity index (χ0v) is 11.9. The van der Waals surface area contributed by atoms with Gasteiger partial charge >= 0.3 is 0 Å². The lowest BCUT2D eigenvalue weighted by Crippen LogP contribution is -2.23. The van der Waals surface area contributed by atoms with Gasteiger partial charge in [-0.1, -0.05) is 17.7 Å².